The van der Waals surface area contributed by atoms with E-state index in [4.69, 9.17) is 12.3 Å². The van der Waals surface area contributed by atoms with Crippen molar-refractivity contribution in [2.75, 3.05) is 0 Å². The van der Waals surface area contributed by atoms with Crippen LogP contribution in [0, 0.1) is 0 Å². The van der Waals surface area contributed by atoms with E-state index in [1.54, 1.807) is 0 Å². The average molecular weight is 219 g/mol. The molecular weight excluding hydrogens is 219 g/mol. The third kappa shape index (κ3) is 65.1. The molecule has 3 nitrogen and oxygen atoms in total. The van der Waals surface area contributed by atoms with E-state index in [1.807, 2.05) is 0 Å². The molecule has 0 atom stereocenters. The van der Waals surface area contributed by atoms with Crippen LogP contribution < -0.4 is 12.3 Å². The predicted molar refractivity (Wildman–Crippen MR) is 13.3 cm³/mol. The molecule has 0 aliphatic rings. The van der Waals surface area contributed by atoms with Gasteiger partial charge < -0.3 is 0 Å². The van der Waals surface area contributed by atoms with Crippen molar-refractivity contribution >= 4 is 26.2 Å². The second-order valence-electron chi connectivity index (χ2n) is 0.224. The van der Waals surface area contributed by atoms with Crippen LogP contribution in [-0.2, 0) is 14.4 Å². The summed E-state index contributed by atoms with van der Waals surface area (Å²) in [7, 11) is 3.65. The summed E-state index contributed by atoms with van der Waals surface area (Å²) in [6.07, 6.45) is 0. The summed E-state index contributed by atoms with van der Waals surface area (Å²) in [5.41, 5.74) is 0. The molecule has 6 heteroatoms. The van der Waals surface area contributed by atoms with Crippen molar-refractivity contribution in [2.24, 2.45) is 0 Å². The molecule has 0 saturated carbocycles. The Kier molecular flexibility index (Phi) is 16.2. The van der Waals surface area contributed by atoms with Gasteiger partial charge in [-0.15, -0.1) is 0 Å². The van der Waals surface area contributed by atoms with E-state index in [9.17, 15) is 0 Å². The minimum absolute atomic E-state index is 3.65. The van der Waals surface area contributed by atoms with E-state index in [0.717, 1.165) is 0 Å². The normalized spacial score (nSPS) is 6.83. The van der Waals surface area contributed by atoms with E-state index in [0.29, 0.717) is 0 Å². The van der Waals surface area contributed by atoms with Crippen LogP contribution >= 0.6 is 10.6 Å². The van der Waals surface area contributed by atoms with Crippen molar-refractivity contribution in [3.8, 4) is 0 Å². The molecule has 40 valence electrons. The summed E-state index contributed by atoms with van der Waals surface area (Å²) >= 11 is -0.167. The molecule has 0 unspecified atom stereocenters. The molecule has 0 amide bonds. The van der Waals surface area contributed by atoms with Gasteiger partial charge in [0.25, 0.3) is 0 Å². The van der Waals surface area contributed by atoms with Gasteiger partial charge in [-0.2, -0.15) is 0 Å². The topological polar surface area (TPSA) is 69.2 Å². The molecule has 0 aromatic rings. The fraction of sp³-hybridized carbons (Fsp3) is 0. The van der Waals surface area contributed by atoms with Crippen LogP contribution in [-0.4, -0.2) is 15.7 Å². The summed E-state index contributed by atoms with van der Waals surface area (Å²) in [5.74, 6) is 0. The quantitative estimate of drug-likeness (QED) is 0.400. The first kappa shape index (κ1) is 10.2. The molecule has 0 aromatic heterocycles. The standard InChI is InChI=1S/AsO3.Cu.S/c2-1(3)4;;/q-3;+3;. The Morgan fingerprint density at radius 1 is 1.17 bits per heavy atom. The molecule has 6 heavy (non-hydrogen) atoms. The maximum atomic E-state index is 8.56. The number of rotatable bonds is 0. The summed E-state index contributed by atoms with van der Waals surface area (Å²) in [6, 6.07) is 0. The molecule has 0 aromatic carbocycles. The van der Waals surface area contributed by atoms with Crippen LogP contribution in [0.1, 0.15) is 0 Å². The molecule has 0 spiro atoms. The van der Waals surface area contributed by atoms with Crippen LogP contribution in [0.15, 0.2) is 0 Å². The molecule has 0 rings (SSSR count). The Hall–Kier alpha value is 1.18. The first-order chi connectivity index (χ1) is 2.73. The van der Waals surface area contributed by atoms with Gasteiger partial charge in [0.1, 0.15) is 0 Å². The summed E-state index contributed by atoms with van der Waals surface area (Å²) in [4.78, 5) is 0. The maximum absolute atomic E-state index is 8.56. The SMILES string of the molecule is [O-][As]([O-])[O-].[S]=[Cu+3]. The van der Waals surface area contributed by atoms with E-state index < -0.39 is 15.7 Å². The Bertz CT molecular complexity index is 22.0. The predicted octanol–water partition coefficient (Wildman–Crippen LogP) is -3.30. The average Bonchev–Trinajstić information content (AvgIpc) is 1.41. The fourth-order valence-electron chi connectivity index (χ4n) is 0. The van der Waals surface area contributed by atoms with Gasteiger partial charge in [0, 0.05) is 0 Å². The van der Waals surface area contributed by atoms with E-state index >= 15 is 0 Å². The summed E-state index contributed by atoms with van der Waals surface area (Å²) in [5, 5.41) is 0. The van der Waals surface area contributed by atoms with E-state index in [-0.39, 0.29) is 0 Å². The second kappa shape index (κ2) is 9.49. The van der Waals surface area contributed by atoms with E-state index in [2.05, 4.69) is 24.9 Å². The fourth-order valence-corrected chi connectivity index (χ4v) is 0. The minimum atomic E-state index is -3.94. The van der Waals surface area contributed by atoms with Crippen LogP contribution in [0.5, 0.6) is 0 Å². The molecule has 0 radical (unpaired) electrons. The van der Waals surface area contributed by atoms with Gasteiger partial charge in [-0.05, 0) is 0 Å². The van der Waals surface area contributed by atoms with Crippen molar-refractivity contribution in [1.82, 2.24) is 0 Å². The monoisotopic (exact) mass is 218 g/mol. The van der Waals surface area contributed by atoms with Crippen LogP contribution in [0.25, 0.3) is 0 Å². The second-order valence-corrected chi connectivity index (χ2v) is 1.16. The first-order valence-electron chi connectivity index (χ1n) is 0.671. The van der Waals surface area contributed by atoms with Gasteiger partial charge in [0.15, 0.2) is 0 Å². The van der Waals surface area contributed by atoms with Gasteiger partial charge in [0.05, 0.1) is 0 Å². The molecule has 0 N–H and O–H groups in total. The molecule has 0 aliphatic heterocycles. The zero-order valence-corrected chi connectivity index (χ0v) is 6.02. The van der Waals surface area contributed by atoms with Gasteiger partial charge in [0.2, 0.25) is 0 Å². The Morgan fingerprint density at radius 3 is 1.17 bits per heavy atom. The molecule has 0 saturated heterocycles. The summed E-state index contributed by atoms with van der Waals surface area (Å²) < 4.78 is 25.7. The number of hydrogen-bond acceptors (Lipinski definition) is 4. The van der Waals surface area contributed by atoms with Crippen molar-refractivity contribution in [3.05, 3.63) is 0 Å². The van der Waals surface area contributed by atoms with Gasteiger partial charge in [-0.3, -0.25) is 0 Å². The zero-order chi connectivity index (χ0) is 5.58. The Labute approximate surface area is 53.0 Å². The third-order valence-electron chi connectivity index (χ3n) is 0. The Morgan fingerprint density at radius 2 is 1.17 bits per heavy atom. The number of hydrogen-bond donors (Lipinski definition) is 0. The third-order valence-corrected chi connectivity index (χ3v) is 0. The first-order valence-corrected chi connectivity index (χ1v) is 4.37. The van der Waals surface area contributed by atoms with Gasteiger partial charge >= 0.3 is 52.9 Å². The van der Waals surface area contributed by atoms with Crippen molar-refractivity contribution in [2.45, 2.75) is 0 Å². The summed E-state index contributed by atoms with van der Waals surface area (Å²) in [6.45, 7) is 0. The van der Waals surface area contributed by atoms with Gasteiger partial charge in [-0.25, -0.2) is 0 Å². The molecule has 0 aliphatic carbocycles. The van der Waals surface area contributed by atoms with Crippen LogP contribution in [0.4, 0.5) is 0 Å². The zero-order valence-electron chi connectivity index (χ0n) is 2.38. The van der Waals surface area contributed by atoms with Gasteiger partial charge in [-0.1, -0.05) is 0 Å². The van der Waals surface area contributed by atoms with Crippen LogP contribution in [0.3, 0.4) is 0 Å². The molecule has 0 bridgehead atoms. The van der Waals surface area contributed by atoms with Crippen molar-refractivity contribution < 1.29 is 26.7 Å². The Balaban J connectivity index is 0. The van der Waals surface area contributed by atoms with Crippen LogP contribution in [0.2, 0.25) is 0 Å². The van der Waals surface area contributed by atoms with Crippen molar-refractivity contribution in [3.63, 3.8) is 0 Å². The molecular formula is AsCuO3S. The molecule has 0 heterocycles. The van der Waals surface area contributed by atoms with E-state index in [1.165, 1.54) is 0 Å². The van der Waals surface area contributed by atoms with Crippen molar-refractivity contribution in [1.29, 1.82) is 0 Å². The molecule has 0 fully saturated rings.